The zero-order valence-electron chi connectivity index (χ0n) is 12.6. The lowest BCUT2D eigenvalue weighted by Crippen LogP contribution is -2.44. The Kier molecular flexibility index (Phi) is 5.01. The van der Waals surface area contributed by atoms with E-state index in [1.807, 2.05) is 27.0 Å². The summed E-state index contributed by atoms with van der Waals surface area (Å²) in [6, 6.07) is 5.13. The number of nitrogens with zero attached hydrogens (tertiary/aromatic N) is 2. The zero-order chi connectivity index (χ0) is 15.6. The molecule has 2 atom stereocenters. The molecule has 2 rings (SSSR count). The second kappa shape index (κ2) is 6.58. The van der Waals surface area contributed by atoms with Gasteiger partial charge in [-0.3, -0.25) is 5.01 Å². The van der Waals surface area contributed by atoms with E-state index < -0.39 is 0 Å². The first-order chi connectivity index (χ1) is 9.90. The highest BCUT2D eigenvalue weighted by atomic mass is 35.5. The van der Waals surface area contributed by atoms with Crippen LogP contribution in [0.2, 0.25) is 0 Å². The topological polar surface area (TPSA) is 27.6 Å². The van der Waals surface area contributed by atoms with Gasteiger partial charge in [-0.05, 0) is 23.1 Å². The fourth-order valence-electron chi connectivity index (χ4n) is 2.24. The smallest absolute Gasteiger partial charge is 0.126 e. The van der Waals surface area contributed by atoms with Gasteiger partial charge in [0.1, 0.15) is 5.82 Å². The van der Waals surface area contributed by atoms with Crippen LogP contribution in [0.25, 0.3) is 0 Å². The summed E-state index contributed by atoms with van der Waals surface area (Å²) in [5.41, 5.74) is 2.53. The minimum Gasteiger partial charge on any atom is -0.303 e. The number of alkyl halides is 1. The molecule has 0 spiro atoms. The monoisotopic (exact) mass is 309 g/mol. The van der Waals surface area contributed by atoms with E-state index in [1.54, 1.807) is 17.3 Å². The van der Waals surface area contributed by atoms with E-state index in [0.717, 1.165) is 16.8 Å². The number of hydrogen-bond donors (Lipinski definition) is 1. The molecule has 0 aromatic heterocycles. The van der Waals surface area contributed by atoms with Crippen molar-refractivity contribution in [1.29, 1.82) is 0 Å². The molecule has 2 unspecified atom stereocenters. The molecule has 1 heterocycles. The Labute approximate surface area is 130 Å². The summed E-state index contributed by atoms with van der Waals surface area (Å²) in [6.45, 7) is 8.50. The lowest BCUT2D eigenvalue weighted by Gasteiger charge is -2.30. The van der Waals surface area contributed by atoms with Crippen molar-refractivity contribution >= 4 is 17.8 Å². The fourth-order valence-corrected chi connectivity index (χ4v) is 2.54. The molecule has 1 aliphatic rings. The standard InChI is InChI=1S/C16H21ClFN3/c1-10(2)13-7-12(5-6-14(13)18)8-19-15-9-20-21(4)11(3)16(15)17/h5-7,9-10,15-16,19H,3,8H2,1-2,4H3. The average molecular weight is 310 g/mol. The molecule has 114 valence electrons. The molecule has 1 aromatic carbocycles. The van der Waals surface area contributed by atoms with E-state index in [-0.39, 0.29) is 23.2 Å². The van der Waals surface area contributed by atoms with Gasteiger partial charge in [0.15, 0.2) is 0 Å². The van der Waals surface area contributed by atoms with Crippen LogP contribution in [0, 0.1) is 5.82 Å². The van der Waals surface area contributed by atoms with Gasteiger partial charge in [0.2, 0.25) is 0 Å². The molecule has 0 bridgehead atoms. The van der Waals surface area contributed by atoms with E-state index in [2.05, 4.69) is 17.0 Å². The summed E-state index contributed by atoms with van der Waals surface area (Å²) in [5, 5.41) is 8.98. The summed E-state index contributed by atoms with van der Waals surface area (Å²) in [7, 11) is 1.82. The summed E-state index contributed by atoms with van der Waals surface area (Å²) in [4.78, 5) is 0. The van der Waals surface area contributed by atoms with E-state index in [0.29, 0.717) is 6.54 Å². The lowest BCUT2D eigenvalue weighted by atomic mass is 10.00. The molecule has 0 amide bonds. The highest BCUT2D eigenvalue weighted by molar-refractivity contribution is 6.24. The van der Waals surface area contributed by atoms with Crippen LogP contribution in [0.15, 0.2) is 35.6 Å². The van der Waals surface area contributed by atoms with Crippen LogP contribution >= 0.6 is 11.6 Å². The van der Waals surface area contributed by atoms with Crippen LogP contribution in [0.5, 0.6) is 0 Å². The van der Waals surface area contributed by atoms with Crippen LogP contribution in [-0.4, -0.2) is 29.7 Å². The molecule has 21 heavy (non-hydrogen) atoms. The Morgan fingerprint density at radius 1 is 1.48 bits per heavy atom. The van der Waals surface area contributed by atoms with Gasteiger partial charge in [0.05, 0.1) is 11.4 Å². The molecule has 5 heteroatoms. The maximum atomic E-state index is 13.7. The summed E-state index contributed by atoms with van der Waals surface area (Å²) < 4.78 is 13.7. The molecule has 0 fully saturated rings. The fraction of sp³-hybridized carbons (Fsp3) is 0.438. The number of hydrogen-bond acceptors (Lipinski definition) is 3. The number of nitrogens with one attached hydrogen (secondary N) is 1. The van der Waals surface area contributed by atoms with Crippen molar-refractivity contribution in [1.82, 2.24) is 10.3 Å². The summed E-state index contributed by atoms with van der Waals surface area (Å²) >= 11 is 6.35. The number of halogens is 2. The maximum Gasteiger partial charge on any atom is 0.126 e. The molecule has 1 aliphatic heterocycles. The lowest BCUT2D eigenvalue weighted by molar-refractivity contribution is 0.396. The zero-order valence-corrected chi connectivity index (χ0v) is 13.4. The molecule has 0 radical (unpaired) electrons. The van der Waals surface area contributed by atoms with Gasteiger partial charge in [-0.25, -0.2) is 4.39 Å². The molecule has 0 saturated heterocycles. The van der Waals surface area contributed by atoms with Gasteiger partial charge < -0.3 is 5.32 Å². The third-order valence-corrected chi connectivity index (χ3v) is 4.20. The van der Waals surface area contributed by atoms with E-state index >= 15 is 0 Å². The Balaban J connectivity index is 2.05. The third kappa shape index (κ3) is 3.63. The van der Waals surface area contributed by atoms with Crippen LogP contribution in [0.4, 0.5) is 4.39 Å². The molecular formula is C16H21ClFN3. The molecule has 1 N–H and O–H groups in total. The molecular weight excluding hydrogens is 289 g/mol. The van der Waals surface area contributed by atoms with Crippen molar-refractivity contribution in [3.63, 3.8) is 0 Å². The van der Waals surface area contributed by atoms with Crippen LogP contribution in [0.3, 0.4) is 0 Å². The predicted molar refractivity (Wildman–Crippen MR) is 86.2 cm³/mol. The summed E-state index contributed by atoms with van der Waals surface area (Å²) in [5.74, 6) is 0.00796. The third-order valence-electron chi connectivity index (χ3n) is 3.67. The molecule has 0 saturated carbocycles. The SMILES string of the molecule is C=C1C(Cl)C(NCc2ccc(F)c(C(C)C)c2)C=NN1C. The van der Waals surface area contributed by atoms with Gasteiger partial charge in [0, 0.05) is 25.5 Å². The van der Waals surface area contributed by atoms with Crippen molar-refractivity contribution in [2.24, 2.45) is 5.10 Å². The van der Waals surface area contributed by atoms with Gasteiger partial charge in [-0.1, -0.05) is 32.6 Å². The largest absolute Gasteiger partial charge is 0.303 e. The number of rotatable bonds is 4. The minimum atomic E-state index is -0.238. The molecule has 0 aliphatic carbocycles. The van der Waals surface area contributed by atoms with Crippen molar-refractivity contribution in [2.45, 2.75) is 37.7 Å². The quantitative estimate of drug-likeness (QED) is 0.863. The number of benzene rings is 1. The Morgan fingerprint density at radius 3 is 2.86 bits per heavy atom. The van der Waals surface area contributed by atoms with Crippen LogP contribution in [-0.2, 0) is 6.54 Å². The minimum absolute atomic E-state index is 0.0806. The Hall–Kier alpha value is -1.39. The molecule has 3 nitrogen and oxygen atoms in total. The van der Waals surface area contributed by atoms with Crippen molar-refractivity contribution < 1.29 is 4.39 Å². The first kappa shape index (κ1) is 16.0. The second-order valence-corrected chi connectivity index (χ2v) is 6.07. The Bertz CT molecular complexity index is 556. The van der Waals surface area contributed by atoms with Gasteiger partial charge in [0.25, 0.3) is 0 Å². The predicted octanol–water partition coefficient (Wildman–Crippen LogP) is 3.46. The van der Waals surface area contributed by atoms with Crippen molar-refractivity contribution in [3.8, 4) is 0 Å². The average Bonchev–Trinajstić information content (AvgIpc) is 2.45. The first-order valence-corrected chi connectivity index (χ1v) is 7.46. The van der Waals surface area contributed by atoms with Crippen molar-refractivity contribution in [2.75, 3.05) is 7.05 Å². The number of hydrazone groups is 1. The van der Waals surface area contributed by atoms with E-state index in [9.17, 15) is 4.39 Å². The van der Waals surface area contributed by atoms with Gasteiger partial charge >= 0.3 is 0 Å². The Morgan fingerprint density at radius 2 is 2.19 bits per heavy atom. The first-order valence-electron chi connectivity index (χ1n) is 7.02. The van der Waals surface area contributed by atoms with E-state index in [1.165, 1.54) is 6.07 Å². The maximum absolute atomic E-state index is 13.7. The highest BCUT2D eigenvalue weighted by Gasteiger charge is 2.26. The van der Waals surface area contributed by atoms with Gasteiger partial charge in [-0.2, -0.15) is 5.10 Å². The molecule has 1 aromatic rings. The van der Waals surface area contributed by atoms with Crippen LogP contribution in [0.1, 0.15) is 30.9 Å². The highest BCUT2D eigenvalue weighted by Crippen LogP contribution is 2.21. The van der Waals surface area contributed by atoms with Crippen molar-refractivity contribution in [3.05, 3.63) is 47.4 Å². The summed E-state index contributed by atoms with van der Waals surface area (Å²) in [6.07, 6.45) is 1.78. The van der Waals surface area contributed by atoms with E-state index in [4.69, 9.17) is 11.6 Å². The second-order valence-electron chi connectivity index (χ2n) is 5.60. The van der Waals surface area contributed by atoms with Crippen LogP contribution < -0.4 is 5.32 Å². The normalized spacial score (nSPS) is 22.2. The van der Waals surface area contributed by atoms with Gasteiger partial charge in [-0.15, -0.1) is 11.6 Å².